The van der Waals surface area contributed by atoms with Gasteiger partial charge in [-0.3, -0.25) is 5.01 Å². The van der Waals surface area contributed by atoms with Gasteiger partial charge in [-0.25, -0.2) is 0 Å². The third kappa shape index (κ3) is 2.84. The van der Waals surface area contributed by atoms with E-state index in [-0.39, 0.29) is 0 Å². The van der Waals surface area contributed by atoms with Gasteiger partial charge in [0.05, 0.1) is 0 Å². The predicted octanol–water partition coefficient (Wildman–Crippen LogP) is 1.53. The van der Waals surface area contributed by atoms with Crippen LogP contribution in [0.2, 0.25) is 0 Å². The van der Waals surface area contributed by atoms with Crippen molar-refractivity contribution < 1.29 is 0 Å². The summed E-state index contributed by atoms with van der Waals surface area (Å²) in [7, 11) is 2.16. The van der Waals surface area contributed by atoms with E-state index in [1.165, 1.54) is 12.1 Å². The van der Waals surface area contributed by atoms with Gasteiger partial charge in [0.25, 0.3) is 0 Å². The SMILES string of the molecule is C/C=N\N1CCCN(C)C/C1=C/C. The van der Waals surface area contributed by atoms with Crippen molar-refractivity contribution in [2.45, 2.75) is 20.3 Å². The molecule has 1 saturated heterocycles. The average molecular weight is 181 g/mol. The highest BCUT2D eigenvalue weighted by Crippen LogP contribution is 2.11. The fourth-order valence-corrected chi connectivity index (χ4v) is 1.58. The van der Waals surface area contributed by atoms with Gasteiger partial charge in [-0.05, 0) is 27.3 Å². The predicted molar refractivity (Wildman–Crippen MR) is 56.7 cm³/mol. The molecule has 0 N–H and O–H groups in total. The highest BCUT2D eigenvalue weighted by Gasteiger charge is 2.13. The van der Waals surface area contributed by atoms with Crippen LogP contribution in [-0.4, -0.2) is 42.8 Å². The Morgan fingerprint density at radius 1 is 1.31 bits per heavy atom. The highest BCUT2D eigenvalue weighted by molar-refractivity contribution is 5.52. The standard InChI is InChI=1S/C10H19N3/c1-4-10-9-12(3)7-6-8-13(10)11-5-2/h4-5H,6-9H2,1-3H3/b10-4-,11-5-. The first kappa shape index (κ1) is 10.3. The summed E-state index contributed by atoms with van der Waals surface area (Å²) >= 11 is 0. The molecule has 3 nitrogen and oxygen atoms in total. The van der Waals surface area contributed by atoms with Crippen LogP contribution in [0.4, 0.5) is 0 Å². The van der Waals surface area contributed by atoms with Crippen molar-refractivity contribution in [3.8, 4) is 0 Å². The van der Waals surface area contributed by atoms with E-state index in [0.29, 0.717) is 0 Å². The summed E-state index contributed by atoms with van der Waals surface area (Å²) in [6.45, 7) is 7.24. The van der Waals surface area contributed by atoms with Crippen LogP contribution in [0.3, 0.4) is 0 Å². The summed E-state index contributed by atoms with van der Waals surface area (Å²) in [4.78, 5) is 2.33. The van der Waals surface area contributed by atoms with Crippen LogP contribution >= 0.6 is 0 Å². The van der Waals surface area contributed by atoms with Gasteiger partial charge >= 0.3 is 0 Å². The molecule has 13 heavy (non-hydrogen) atoms. The number of rotatable bonds is 1. The van der Waals surface area contributed by atoms with E-state index in [1.807, 2.05) is 13.1 Å². The van der Waals surface area contributed by atoms with E-state index in [0.717, 1.165) is 19.6 Å². The Labute approximate surface area is 80.7 Å². The number of allylic oxidation sites excluding steroid dienone is 1. The fraction of sp³-hybridized carbons (Fsp3) is 0.700. The maximum atomic E-state index is 4.34. The lowest BCUT2D eigenvalue weighted by molar-refractivity contribution is 0.357. The van der Waals surface area contributed by atoms with Gasteiger partial charge in [-0.2, -0.15) is 5.10 Å². The summed E-state index contributed by atoms with van der Waals surface area (Å²) in [6.07, 6.45) is 5.19. The van der Waals surface area contributed by atoms with Gasteiger partial charge in [-0.15, -0.1) is 0 Å². The third-order valence-electron chi connectivity index (χ3n) is 2.26. The highest BCUT2D eigenvalue weighted by atomic mass is 15.5. The third-order valence-corrected chi connectivity index (χ3v) is 2.26. The summed E-state index contributed by atoms with van der Waals surface area (Å²) in [5.74, 6) is 0. The summed E-state index contributed by atoms with van der Waals surface area (Å²) in [5, 5.41) is 6.44. The lowest BCUT2D eigenvalue weighted by atomic mass is 10.4. The van der Waals surface area contributed by atoms with E-state index >= 15 is 0 Å². The molecule has 74 valence electrons. The monoisotopic (exact) mass is 181 g/mol. The number of hydrogen-bond donors (Lipinski definition) is 0. The Kier molecular flexibility index (Phi) is 3.96. The molecule has 1 aliphatic heterocycles. The molecule has 0 amide bonds. The molecule has 3 heteroatoms. The number of hydrogen-bond acceptors (Lipinski definition) is 3. The molecule has 1 aliphatic rings. The molecular formula is C10H19N3. The summed E-state index contributed by atoms with van der Waals surface area (Å²) < 4.78 is 0. The lowest BCUT2D eigenvalue weighted by Gasteiger charge is -2.20. The van der Waals surface area contributed by atoms with Crippen LogP contribution in [0, 0.1) is 0 Å². The zero-order valence-electron chi connectivity index (χ0n) is 8.82. The Morgan fingerprint density at radius 3 is 2.69 bits per heavy atom. The van der Waals surface area contributed by atoms with E-state index in [9.17, 15) is 0 Å². The average Bonchev–Trinajstić information content (AvgIpc) is 2.29. The van der Waals surface area contributed by atoms with Gasteiger partial charge in [0.2, 0.25) is 0 Å². The second kappa shape index (κ2) is 5.02. The molecule has 0 bridgehead atoms. The quantitative estimate of drug-likeness (QED) is 0.571. The molecule has 0 aliphatic carbocycles. The van der Waals surface area contributed by atoms with E-state index in [2.05, 4.69) is 35.1 Å². The molecule has 0 spiro atoms. The van der Waals surface area contributed by atoms with Gasteiger partial charge in [0.1, 0.15) is 0 Å². The first-order valence-corrected chi connectivity index (χ1v) is 4.87. The maximum absolute atomic E-state index is 4.34. The first-order valence-electron chi connectivity index (χ1n) is 4.87. The zero-order chi connectivity index (χ0) is 9.68. The molecular weight excluding hydrogens is 162 g/mol. The van der Waals surface area contributed by atoms with E-state index < -0.39 is 0 Å². The molecule has 0 saturated carbocycles. The maximum Gasteiger partial charge on any atom is 0.0465 e. The Morgan fingerprint density at radius 2 is 2.08 bits per heavy atom. The van der Waals surface area contributed by atoms with Crippen LogP contribution in [0.1, 0.15) is 20.3 Å². The Hall–Kier alpha value is -0.830. The van der Waals surface area contributed by atoms with Crippen LogP contribution < -0.4 is 0 Å². The van der Waals surface area contributed by atoms with Crippen molar-refractivity contribution in [1.29, 1.82) is 0 Å². The van der Waals surface area contributed by atoms with Crippen molar-refractivity contribution in [2.24, 2.45) is 5.10 Å². The first-order chi connectivity index (χ1) is 6.27. The second-order valence-electron chi connectivity index (χ2n) is 3.37. The van der Waals surface area contributed by atoms with E-state index in [4.69, 9.17) is 0 Å². The van der Waals surface area contributed by atoms with Gasteiger partial charge in [0, 0.05) is 31.5 Å². The minimum Gasteiger partial charge on any atom is -0.301 e. The molecule has 1 rings (SSSR count). The molecule has 0 radical (unpaired) electrons. The molecule has 1 heterocycles. The van der Waals surface area contributed by atoms with Crippen molar-refractivity contribution >= 4 is 6.21 Å². The summed E-state index contributed by atoms with van der Waals surface area (Å²) in [6, 6.07) is 0. The largest absolute Gasteiger partial charge is 0.301 e. The van der Waals surface area contributed by atoms with Gasteiger partial charge in [-0.1, -0.05) is 6.08 Å². The lowest BCUT2D eigenvalue weighted by Crippen LogP contribution is -2.23. The normalized spacial score (nSPS) is 24.2. The van der Waals surface area contributed by atoms with Crippen molar-refractivity contribution in [3.05, 3.63) is 11.8 Å². The fourth-order valence-electron chi connectivity index (χ4n) is 1.58. The van der Waals surface area contributed by atoms with Crippen LogP contribution in [0.15, 0.2) is 16.9 Å². The molecule has 0 aromatic rings. The minimum absolute atomic E-state index is 1.01. The number of nitrogens with zero attached hydrogens (tertiary/aromatic N) is 3. The van der Waals surface area contributed by atoms with Crippen LogP contribution in [0.5, 0.6) is 0 Å². The van der Waals surface area contributed by atoms with Crippen LogP contribution in [0.25, 0.3) is 0 Å². The Balaban J connectivity index is 2.70. The van der Waals surface area contributed by atoms with Crippen molar-refractivity contribution in [1.82, 2.24) is 9.91 Å². The molecule has 0 aromatic heterocycles. The van der Waals surface area contributed by atoms with Crippen molar-refractivity contribution in [3.63, 3.8) is 0 Å². The van der Waals surface area contributed by atoms with Gasteiger partial charge in [0.15, 0.2) is 0 Å². The molecule has 0 aromatic carbocycles. The molecule has 1 fully saturated rings. The van der Waals surface area contributed by atoms with E-state index in [1.54, 1.807) is 0 Å². The minimum atomic E-state index is 1.01. The molecule has 0 unspecified atom stereocenters. The Bertz CT molecular complexity index is 208. The molecule has 0 atom stereocenters. The number of hydrazone groups is 1. The second-order valence-corrected chi connectivity index (χ2v) is 3.37. The summed E-state index contributed by atoms with van der Waals surface area (Å²) in [5.41, 5.74) is 1.30. The van der Waals surface area contributed by atoms with Crippen molar-refractivity contribution in [2.75, 3.05) is 26.7 Å². The van der Waals surface area contributed by atoms with Gasteiger partial charge < -0.3 is 4.90 Å². The van der Waals surface area contributed by atoms with Crippen LogP contribution in [-0.2, 0) is 0 Å². The number of likely N-dealkylation sites (N-methyl/N-ethyl adjacent to an activating group) is 1. The topological polar surface area (TPSA) is 18.8 Å². The smallest absolute Gasteiger partial charge is 0.0465 e. The zero-order valence-corrected chi connectivity index (χ0v) is 8.82.